The number of amides is 2. The summed E-state index contributed by atoms with van der Waals surface area (Å²) in [7, 11) is 1.68. The first-order chi connectivity index (χ1) is 12.6. The van der Waals surface area contributed by atoms with Crippen LogP contribution in [0.3, 0.4) is 0 Å². The van der Waals surface area contributed by atoms with Crippen LogP contribution in [-0.4, -0.2) is 56.0 Å². The molecule has 1 aromatic carbocycles. The van der Waals surface area contributed by atoms with Crippen molar-refractivity contribution in [1.82, 2.24) is 10.2 Å². The third kappa shape index (κ3) is 5.38. The quantitative estimate of drug-likeness (QED) is 0.784. The monoisotopic (exact) mass is 358 g/mol. The molecule has 1 heterocycles. The van der Waals surface area contributed by atoms with Crippen molar-refractivity contribution >= 4 is 23.2 Å². The topological polar surface area (TPSA) is 64.7 Å². The number of carbonyl (C=O) groups is 2. The van der Waals surface area contributed by atoms with Crippen LogP contribution in [0.15, 0.2) is 24.3 Å². The van der Waals surface area contributed by atoms with Gasteiger partial charge in [0.15, 0.2) is 0 Å². The average Bonchev–Trinajstić information content (AvgIpc) is 3.46. The number of carbonyl (C=O) groups excluding carboxylic acids is 2. The van der Waals surface area contributed by atoms with Crippen LogP contribution in [-0.2, 0) is 9.59 Å². The fraction of sp³-hybridized carbons (Fsp3) is 0.600. The fourth-order valence-corrected chi connectivity index (χ4v) is 3.32. The number of benzene rings is 1. The van der Waals surface area contributed by atoms with E-state index in [1.807, 2.05) is 18.2 Å². The first kappa shape index (κ1) is 18.5. The van der Waals surface area contributed by atoms with Crippen molar-refractivity contribution in [3.05, 3.63) is 24.3 Å². The van der Waals surface area contributed by atoms with Gasteiger partial charge in [0, 0.05) is 26.2 Å². The predicted octanol–water partition coefficient (Wildman–Crippen LogP) is 2.22. The molecule has 0 bridgehead atoms. The van der Waals surface area contributed by atoms with E-state index in [0.29, 0.717) is 6.04 Å². The van der Waals surface area contributed by atoms with Gasteiger partial charge in [-0.2, -0.15) is 0 Å². The molecule has 0 unspecified atom stereocenters. The Hall–Kier alpha value is -2.24. The number of hydrogen-bond acceptors (Lipinski definition) is 4. The second-order valence-electron chi connectivity index (χ2n) is 7.36. The lowest BCUT2D eigenvalue weighted by atomic mass is 10.2. The molecule has 1 saturated heterocycles. The second-order valence-corrected chi connectivity index (χ2v) is 7.36. The van der Waals surface area contributed by atoms with Crippen molar-refractivity contribution < 1.29 is 9.59 Å². The first-order valence-corrected chi connectivity index (χ1v) is 9.74. The van der Waals surface area contributed by atoms with Gasteiger partial charge in [-0.3, -0.25) is 9.59 Å². The maximum atomic E-state index is 12.4. The summed E-state index contributed by atoms with van der Waals surface area (Å²) < 4.78 is 0. The summed E-state index contributed by atoms with van der Waals surface area (Å²) in [5.74, 6) is -0.157. The Morgan fingerprint density at radius 3 is 2.50 bits per heavy atom. The normalized spacial score (nSPS) is 17.3. The highest BCUT2D eigenvalue weighted by molar-refractivity contribution is 5.87. The van der Waals surface area contributed by atoms with E-state index in [-0.39, 0.29) is 24.9 Å². The molecular formula is C20H30N4O2. The summed E-state index contributed by atoms with van der Waals surface area (Å²) in [5.41, 5.74) is 2.15. The molecule has 26 heavy (non-hydrogen) atoms. The molecule has 0 aromatic heterocycles. The molecule has 1 saturated carbocycles. The smallest absolute Gasteiger partial charge is 0.242 e. The van der Waals surface area contributed by atoms with Gasteiger partial charge in [-0.1, -0.05) is 25.0 Å². The van der Waals surface area contributed by atoms with Gasteiger partial charge in [0.25, 0.3) is 0 Å². The van der Waals surface area contributed by atoms with Gasteiger partial charge in [-0.25, -0.2) is 0 Å². The predicted molar refractivity (Wildman–Crippen MR) is 104 cm³/mol. The molecule has 0 radical (unpaired) electrons. The summed E-state index contributed by atoms with van der Waals surface area (Å²) in [6.07, 6.45) is 7.12. The SMILES string of the molecule is CN(CC(=O)NC1CC1)C(=O)CNc1ccccc1N1CCCCCC1. The third-order valence-corrected chi connectivity index (χ3v) is 5.03. The lowest BCUT2D eigenvalue weighted by Gasteiger charge is -2.26. The van der Waals surface area contributed by atoms with E-state index in [0.717, 1.165) is 37.3 Å². The van der Waals surface area contributed by atoms with E-state index >= 15 is 0 Å². The van der Waals surface area contributed by atoms with Crippen molar-refractivity contribution in [2.45, 2.75) is 44.6 Å². The molecule has 6 nitrogen and oxygen atoms in total. The maximum Gasteiger partial charge on any atom is 0.242 e. The Morgan fingerprint density at radius 1 is 1.12 bits per heavy atom. The largest absolute Gasteiger partial charge is 0.374 e. The van der Waals surface area contributed by atoms with Crippen molar-refractivity contribution in [2.75, 3.05) is 43.4 Å². The highest BCUT2D eigenvalue weighted by Crippen LogP contribution is 2.27. The summed E-state index contributed by atoms with van der Waals surface area (Å²) in [6, 6.07) is 8.49. The Morgan fingerprint density at radius 2 is 1.81 bits per heavy atom. The molecule has 2 fully saturated rings. The van der Waals surface area contributed by atoms with Gasteiger partial charge in [0.05, 0.1) is 24.5 Å². The number of nitrogens with one attached hydrogen (secondary N) is 2. The van der Waals surface area contributed by atoms with Crippen LogP contribution in [0, 0.1) is 0 Å². The molecule has 142 valence electrons. The van der Waals surface area contributed by atoms with Gasteiger partial charge >= 0.3 is 0 Å². The zero-order valence-electron chi connectivity index (χ0n) is 15.7. The fourth-order valence-electron chi connectivity index (χ4n) is 3.32. The average molecular weight is 358 g/mol. The minimum atomic E-state index is -0.0818. The zero-order chi connectivity index (χ0) is 18.4. The molecule has 2 amide bonds. The van der Waals surface area contributed by atoms with E-state index in [4.69, 9.17) is 0 Å². The number of nitrogens with zero attached hydrogens (tertiary/aromatic N) is 2. The number of likely N-dealkylation sites (N-methyl/N-ethyl adjacent to an activating group) is 1. The summed E-state index contributed by atoms with van der Waals surface area (Å²) in [4.78, 5) is 28.1. The number of para-hydroxylation sites is 2. The van der Waals surface area contributed by atoms with Crippen LogP contribution in [0.5, 0.6) is 0 Å². The molecule has 1 aliphatic heterocycles. The van der Waals surface area contributed by atoms with E-state index < -0.39 is 0 Å². The van der Waals surface area contributed by atoms with E-state index in [1.54, 1.807) is 7.05 Å². The lowest BCUT2D eigenvalue weighted by Crippen LogP contribution is -2.41. The van der Waals surface area contributed by atoms with Crippen molar-refractivity contribution in [1.29, 1.82) is 0 Å². The van der Waals surface area contributed by atoms with Crippen LogP contribution in [0.25, 0.3) is 0 Å². The standard InChI is InChI=1S/C20H30N4O2/c1-23(15-19(25)22-16-10-11-16)20(26)14-21-17-8-4-5-9-18(17)24-12-6-2-3-7-13-24/h4-5,8-9,16,21H,2-3,6-7,10-15H2,1H3,(H,22,25). The minimum absolute atomic E-state index is 0.0756. The number of hydrogen-bond donors (Lipinski definition) is 2. The summed E-state index contributed by atoms with van der Waals surface area (Å²) >= 11 is 0. The molecule has 6 heteroatoms. The Labute approximate surface area is 155 Å². The molecule has 0 atom stereocenters. The van der Waals surface area contributed by atoms with Gasteiger partial charge in [0.1, 0.15) is 0 Å². The minimum Gasteiger partial charge on any atom is -0.374 e. The number of rotatable bonds is 7. The van der Waals surface area contributed by atoms with E-state index in [9.17, 15) is 9.59 Å². The Bertz CT molecular complexity index is 622. The van der Waals surface area contributed by atoms with Crippen LogP contribution in [0.1, 0.15) is 38.5 Å². The van der Waals surface area contributed by atoms with Gasteiger partial charge in [0.2, 0.25) is 11.8 Å². The molecule has 2 N–H and O–H groups in total. The summed E-state index contributed by atoms with van der Waals surface area (Å²) in [5, 5.41) is 6.18. The van der Waals surface area contributed by atoms with Crippen molar-refractivity contribution in [3.8, 4) is 0 Å². The van der Waals surface area contributed by atoms with Crippen LogP contribution >= 0.6 is 0 Å². The van der Waals surface area contributed by atoms with Crippen LogP contribution < -0.4 is 15.5 Å². The highest BCUT2D eigenvalue weighted by Gasteiger charge is 2.24. The highest BCUT2D eigenvalue weighted by atomic mass is 16.2. The van der Waals surface area contributed by atoms with Gasteiger partial charge in [-0.15, -0.1) is 0 Å². The molecule has 3 rings (SSSR count). The molecule has 0 spiro atoms. The van der Waals surface area contributed by atoms with E-state index in [1.165, 1.54) is 30.6 Å². The molecular weight excluding hydrogens is 328 g/mol. The zero-order valence-corrected chi connectivity index (χ0v) is 15.7. The third-order valence-electron chi connectivity index (χ3n) is 5.03. The Balaban J connectivity index is 1.53. The lowest BCUT2D eigenvalue weighted by molar-refractivity contribution is -0.133. The second kappa shape index (κ2) is 8.92. The first-order valence-electron chi connectivity index (χ1n) is 9.74. The van der Waals surface area contributed by atoms with Gasteiger partial charge < -0.3 is 20.4 Å². The molecule has 1 aliphatic carbocycles. The van der Waals surface area contributed by atoms with Crippen LogP contribution in [0.4, 0.5) is 11.4 Å². The van der Waals surface area contributed by atoms with Crippen molar-refractivity contribution in [3.63, 3.8) is 0 Å². The van der Waals surface area contributed by atoms with Crippen molar-refractivity contribution in [2.24, 2.45) is 0 Å². The summed E-state index contributed by atoms with van der Waals surface area (Å²) in [6.45, 7) is 2.44. The number of anilines is 2. The van der Waals surface area contributed by atoms with E-state index in [2.05, 4.69) is 21.6 Å². The maximum absolute atomic E-state index is 12.4. The van der Waals surface area contributed by atoms with Gasteiger partial charge in [-0.05, 0) is 37.8 Å². The molecule has 1 aromatic rings. The molecule has 2 aliphatic rings. The Kier molecular flexibility index (Phi) is 6.36. The van der Waals surface area contributed by atoms with Crippen LogP contribution in [0.2, 0.25) is 0 Å².